The molecule has 0 N–H and O–H groups in total. The maximum absolute atomic E-state index is 11.1. The third kappa shape index (κ3) is 2.98. The van der Waals surface area contributed by atoms with Gasteiger partial charge in [-0.25, -0.2) is 0 Å². The molecule has 4 heteroatoms. The first kappa shape index (κ1) is 13.0. The number of rotatable bonds is 3. The molecule has 88 valence electrons. The van der Waals surface area contributed by atoms with Crippen LogP contribution in [0.15, 0.2) is 12.1 Å². The monoisotopic (exact) mass is 285 g/mol. The highest BCUT2D eigenvalue weighted by molar-refractivity contribution is 9.18. The third-order valence-electron chi connectivity index (χ3n) is 2.49. The smallest absolute Gasteiger partial charge is 0.289 e. The average Bonchev–Trinajstić information content (AvgIpc) is 2.21. The van der Waals surface area contributed by atoms with Gasteiger partial charge in [0.2, 0.25) is 0 Å². The van der Waals surface area contributed by atoms with Gasteiger partial charge in [0, 0.05) is 28.5 Å². The Morgan fingerprint density at radius 2 is 2.06 bits per heavy atom. The number of hydrogen-bond acceptors (Lipinski definition) is 2. The van der Waals surface area contributed by atoms with Crippen LogP contribution in [0.25, 0.3) is 0 Å². The molecule has 0 saturated carbocycles. The fourth-order valence-corrected chi connectivity index (χ4v) is 1.77. The number of amides is 1. The van der Waals surface area contributed by atoms with E-state index in [1.807, 2.05) is 19.9 Å². The Hall–Kier alpha value is -1.03. The fraction of sp³-hybridized carbons (Fsp3) is 0.417. The maximum atomic E-state index is 11.1. The number of nitrogens with zero attached hydrogens (tertiary/aromatic N) is 1. The molecule has 0 atom stereocenters. The molecule has 1 rings (SSSR count). The van der Waals surface area contributed by atoms with E-state index < -0.39 is 0 Å². The van der Waals surface area contributed by atoms with Crippen molar-refractivity contribution in [3.8, 4) is 5.75 Å². The van der Waals surface area contributed by atoms with Gasteiger partial charge in [-0.15, -0.1) is 0 Å². The molecule has 0 saturated heterocycles. The van der Waals surface area contributed by atoms with Gasteiger partial charge in [-0.3, -0.25) is 4.79 Å². The zero-order valence-corrected chi connectivity index (χ0v) is 11.6. The van der Waals surface area contributed by atoms with Gasteiger partial charge >= 0.3 is 0 Å². The zero-order chi connectivity index (χ0) is 12.3. The highest BCUT2D eigenvalue weighted by atomic mass is 79.9. The van der Waals surface area contributed by atoms with Crippen molar-refractivity contribution < 1.29 is 9.53 Å². The van der Waals surface area contributed by atoms with E-state index in [2.05, 4.69) is 22.0 Å². The summed E-state index contributed by atoms with van der Waals surface area (Å²) in [4.78, 5) is 12.6. The van der Waals surface area contributed by atoms with E-state index in [4.69, 9.17) is 4.74 Å². The van der Waals surface area contributed by atoms with E-state index in [1.54, 1.807) is 19.1 Å². The molecule has 0 spiro atoms. The fourth-order valence-electron chi connectivity index (χ4n) is 1.64. The number of hydrogen-bond donors (Lipinski definition) is 0. The number of halogens is 1. The van der Waals surface area contributed by atoms with Crippen molar-refractivity contribution in [2.45, 2.75) is 20.4 Å². The molecule has 0 radical (unpaired) electrons. The lowest BCUT2D eigenvalue weighted by Gasteiger charge is -2.18. The minimum atomic E-state index is -0.130. The minimum absolute atomic E-state index is 0.130. The standard InChI is InChI=1S/C12H16BrNO2/c1-8-5-9(2)10(11(6-8)16-4)7-14(3)12(13)15/h5-6H,7H2,1-4H3. The first-order chi connectivity index (χ1) is 7.45. The Morgan fingerprint density at radius 1 is 1.44 bits per heavy atom. The second kappa shape index (κ2) is 5.34. The van der Waals surface area contributed by atoms with Crippen LogP contribution in [0.4, 0.5) is 4.79 Å². The van der Waals surface area contributed by atoms with Crippen LogP contribution in [0.5, 0.6) is 5.75 Å². The van der Waals surface area contributed by atoms with Gasteiger partial charge in [0.25, 0.3) is 4.82 Å². The van der Waals surface area contributed by atoms with Gasteiger partial charge in [-0.05, 0) is 31.0 Å². The number of carbonyl (C=O) groups is 1. The molecule has 0 heterocycles. The Balaban J connectivity index is 3.07. The molecule has 1 aromatic rings. The summed E-state index contributed by atoms with van der Waals surface area (Å²) in [6.07, 6.45) is 0. The molecule has 16 heavy (non-hydrogen) atoms. The van der Waals surface area contributed by atoms with Crippen LogP contribution in [-0.2, 0) is 6.54 Å². The molecule has 0 unspecified atom stereocenters. The summed E-state index contributed by atoms with van der Waals surface area (Å²) < 4.78 is 5.33. The molecule has 0 aliphatic carbocycles. The van der Waals surface area contributed by atoms with E-state index in [9.17, 15) is 4.79 Å². The van der Waals surface area contributed by atoms with Crippen molar-refractivity contribution in [2.75, 3.05) is 14.2 Å². The van der Waals surface area contributed by atoms with E-state index in [0.29, 0.717) is 6.54 Å². The van der Waals surface area contributed by atoms with Gasteiger partial charge in [-0.1, -0.05) is 6.07 Å². The van der Waals surface area contributed by atoms with Gasteiger partial charge in [0.15, 0.2) is 0 Å². The summed E-state index contributed by atoms with van der Waals surface area (Å²) >= 11 is 2.93. The number of methoxy groups -OCH3 is 1. The zero-order valence-electron chi connectivity index (χ0n) is 10.0. The van der Waals surface area contributed by atoms with Crippen LogP contribution in [0.1, 0.15) is 16.7 Å². The first-order valence-electron chi connectivity index (χ1n) is 5.00. The first-order valence-corrected chi connectivity index (χ1v) is 5.79. The van der Waals surface area contributed by atoms with Crippen LogP contribution < -0.4 is 4.74 Å². The molecule has 0 aliphatic heterocycles. The molecule has 1 aromatic carbocycles. The van der Waals surface area contributed by atoms with Crippen molar-refractivity contribution in [1.29, 1.82) is 0 Å². The van der Waals surface area contributed by atoms with Gasteiger partial charge < -0.3 is 9.64 Å². The van der Waals surface area contributed by atoms with Crippen molar-refractivity contribution in [1.82, 2.24) is 4.90 Å². The Morgan fingerprint density at radius 3 is 2.56 bits per heavy atom. The summed E-state index contributed by atoms with van der Waals surface area (Å²) in [5.74, 6) is 0.832. The lowest BCUT2D eigenvalue weighted by molar-refractivity contribution is 0.232. The SMILES string of the molecule is COc1cc(C)cc(C)c1CN(C)C(=O)Br. The highest BCUT2D eigenvalue weighted by Gasteiger charge is 2.12. The van der Waals surface area contributed by atoms with Gasteiger partial charge in [0.05, 0.1) is 13.7 Å². The molecule has 0 aromatic heterocycles. The average molecular weight is 286 g/mol. The van der Waals surface area contributed by atoms with E-state index in [0.717, 1.165) is 22.4 Å². The van der Waals surface area contributed by atoms with Crippen LogP contribution in [-0.4, -0.2) is 23.9 Å². The second-order valence-corrected chi connectivity index (χ2v) is 4.55. The molecule has 1 amide bonds. The number of ether oxygens (including phenoxy) is 1. The highest BCUT2D eigenvalue weighted by Crippen LogP contribution is 2.25. The number of carbonyl (C=O) groups excluding carboxylic acids is 1. The van der Waals surface area contributed by atoms with Crippen molar-refractivity contribution >= 4 is 20.7 Å². The van der Waals surface area contributed by atoms with Crippen LogP contribution in [0.3, 0.4) is 0 Å². The summed E-state index contributed by atoms with van der Waals surface area (Å²) in [5, 5.41) is 0. The predicted octanol–water partition coefficient (Wildman–Crippen LogP) is 3.26. The maximum Gasteiger partial charge on any atom is 0.289 e. The van der Waals surface area contributed by atoms with Crippen LogP contribution >= 0.6 is 15.9 Å². The Labute approximate surface area is 105 Å². The lowest BCUT2D eigenvalue weighted by atomic mass is 10.0. The van der Waals surface area contributed by atoms with Crippen molar-refractivity contribution in [3.63, 3.8) is 0 Å². The van der Waals surface area contributed by atoms with E-state index in [-0.39, 0.29) is 4.82 Å². The Kier molecular flexibility index (Phi) is 4.35. The summed E-state index contributed by atoms with van der Waals surface area (Å²) in [6, 6.07) is 4.07. The van der Waals surface area contributed by atoms with Crippen molar-refractivity contribution in [2.24, 2.45) is 0 Å². The number of aryl methyl sites for hydroxylation is 2. The summed E-state index contributed by atoms with van der Waals surface area (Å²) in [6.45, 7) is 4.59. The van der Waals surface area contributed by atoms with Gasteiger partial charge in [-0.2, -0.15) is 0 Å². The number of benzene rings is 1. The largest absolute Gasteiger partial charge is 0.496 e. The quantitative estimate of drug-likeness (QED) is 0.630. The lowest BCUT2D eigenvalue weighted by Crippen LogP contribution is -2.20. The van der Waals surface area contributed by atoms with Crippen LogP contribution in [0, 0.1) is 13.8 Å². The minimum Gasteiger partial charge on any atom is -0.496 e. The molecule has 0 bridgehead atoms. The topological polar surface area (TPSA) is 29.5 Å². The molecular formula is C12H16BrNO2. The predicted molar refractivity (Wildman–Crippen MR) is 68.3 cm³/mol. The van der Waals surface area contributed by atoms with E-state index in [1.165, 1.54) is 0 Å². The van der Waals surface area contributed by atoms with E-state index >= 15 is 0 Å². The molecule has 3 nitrogen and oxygen atoms in total. The normalized spacial score (nSPS) is 10.1. The molecular weight excluding hydrogens is 270 g/mol. The van der Waals surface area contributed by atoms with Crippen molar-refractivity contribution in [3.05, 3.63) is 28.8 Å². The molecule has 0 fully saturated rings. The van der Waals surface area contributed by atoms with Gasteiger partial charge in [0.1, 0.15) is 5.75 Å². The summed E-state index contributed by atoms with van der Waals surface area (Å²) in [7, 11) is 3.39. The molecule has 0 aliphatic rings. The second-order valence-electron chi connectivity index (χ2n) is 3.87. The Bertz CT molecular complexity index is 404. The van der Waals surface area contributed by atoms with Crippen LogP contribution in [0.2, 0.25) is 0 Å². The summed E-state index contributed by atoms with van der Waals surface area (Å²) in [5.41, 5.74) is 3.34. The third-order valence-corrected chi connectivity index (χ3v) is 3.10.